The Labute approximate surface area is 172 Å². The Morgan fingerprint density at radius 3 is 2.38 bits per heavy atom. The van der Waals surface area contributed by atoms with Crippen molar-refractivity contribution in [2.45, 2.75) is 37.0 Å². The minimum Gasteiger partial charge on any atom is -0.366 e. The van der Waals surface area contributed by atoms with Gasteiger partial charge in [-0.3, -0.25) is 10.1 Å². The molecular formula is C20H30N4O4S. The second kappa shape index (κ2) is 8.20. The van der Waals surface area contributed by atoms with Crippen molar-refractivity contribution in [2.24, 2.45) is 11.8 Å². The fraction of sp³-hybridized carbons (Fsp3) is 0.700. The number of piperazine rings is 1. The van der Waals surface area contributed by atoms with Crippen LogP contribution >= 0.6 is 0 Å². The molecule has 4 rings (SSSR count). The summed E-state index contributed by atoms with van der Waals surface area (Å²) < 4.78 is 27.5. The summed E-state index contributed by atoms with van der Waals surface area (Å²) in [5.74, 6) is 1.32. The van der Waals surface area contributed by atoms with Crippen molar-refractivity contribution in [3.05, 3.63) is 28.3 Å². The number of nitro groups is 1. The van der Waals surface area contributed by atoms with Crippen LogP contribution in [0, 0.1) is 22.0 Å². The first-order chi connectivity index (χ1) is 13.9. The maximum atomic E-state index is 13.0. The Bertz CT molecular complexity index is 867. The fourth-order valence-corrected chi connectivity index (χ4v) is 6.52. The Morgan fingerprint density at radius 1 is 1.00 bits per heavy atom. The lowest BCUT2D eigenvalue weighted by Gasteiger charge is -2.42. The van der Waals surface area contributed by atoms with Gasteiger partial charge in [0.2, 0.25) is 10.0 Å². The summed E-state index contributed by atoms with van der Waals surface area (Å²) in [6, 6.07) is 4.45. The van der Waals surface area contributed by atoms with Crippen molar-refractivity contribution in [3.63, 3.8) is 0 Å². The van der Waals surface area contributed by atoms with E-state index in [0.717, 1.165) is 25.4 Å². The predicted molar refractivity (Wildman–Crippen MR) is 112 cm³/mol. The molecule has 8 nitrogen and oxygen atoms in total. The number of hydrogen-bond acceptors (Lipinski definition) is 6. The third-order valence-electron chi connectivity index (χ3n) is 6.88. The lowest BCUT2D eigenvalue weighted by molar-refractivity contribution is -0.384. The van der Waals surface area contributed by atoms with Gasteiger partial charge in [0.25, 0.3) is 5.69 Å². The second-order valence-electron chi connectivity index (χ2n) is 8.65. The molecule has 0 N–H and O–H groups in total. The molecule has 0 bridgehead atoms. The van der Waals surface area contributed by atoms with Crippen LogP contribution in [0.25, 0.3) is 0 Å². The molecule has 29 heavy (non-hydrogen) atoms. The normalized spacial score (nSPS) is 26.9. The average Bonchev–Trinajstić information content (AvgIpc) is 2.73. The summed E-state index contributed by atoms with van der Waals surface area (Å²) in [6.07, 6.45) is 6.04. The number of likely N-dealkylation sites (N-methyl/N-ethyl adjacent to an activating group) is 1. The van der Waals surface area contributed by atoms with Crippen molar-refractivity contribution in [1.29, 1.82) is 0 Å². The molecule has 2 atom stereocenters. The van der Waals surface area contributed by atoms with Gasteiger partial charge in [-0.15, -0.1) is 0 Å². The van der Waals surface area contributed by atoms with Gasteiger partial charge in [-0.25, -0.2) is 8.42 Å². The molecule has 0 aromatic heterocycles. The number of benzene rings is 1. The van der Waals surface area contributed by atoms with Crippen LogP contribution in [0.5, 0.6) is 0 Å². The highest BCUT2D eigenvalue weighted by Gasteiger charge is 2.35. The Hall–Kier alpha value is -1.71. The molecule has 160 valence electrons. The maximum Gasteiger partial charge on any atom is 0.293 e. The van der Waals surface area contributed by atoms with Gasteiger partial charge in [0.15, 0.2) is 0 Å². The monoisotopic (exact) mass is 422 g/mol. The number of nitro benzene ring substituents is 1. The summed E-state index contributed by atoms with van der Waals surface area (Å²) in [5, 5.41) is 11.8. The standard InChI is InChI=1S/C20H30N4O4S/c1-21-10-12-23(13-11-21)29(27,28)18-6-7-19(20(14-18)24(25)26)22-9-8-16-4-2-3-5-17(16)15-22/h6-7,14,16-17H,2-5,8-13,15H2,1H3/t16-,17-/m1/s1. The molecular weight excluding hydrogens is 392 g/mol. The number of piperidine rings is 1. The van der Waals surface area contributed by atoms with Gasteiger partial charge in [-0.05, 0) is 43.9 Å². The molecule has 2 aliphatic heterocycles. The van der Waals surface area contributed by atoms with Crippen LogP contribution < -0.4 is 4.90 Å². The van der Waals surface area contributed by atoms with Crippen LogP contribution in [-0.2, 0) is 10.0 Å². The van der Waals surface area contributed by atoms with Crippen molar-refractivity contribution < 1.29 is 13.3 Å². The lowest BCUT2D eigenvalue weighted by atomic mass is 9.75. The summed E-state index contributed by atoms with van der Waals surface area (Å²) in [6.45, 7) is 3.77. The van der Waals surface area contributed by atoms with Crippen molar-refractivity contribution in [3.8, 4) is 0 Å². The van der Waals surface area contributed by atoms with Crippen LogP contribution in [0.15, 0.2) is 23.1 Å². The van der Waals surface area contributed by atoms with Gasteiger partial charge < -0.3 is 9.80 Å². The number of anilines is 1. The van der Waals surface area contributed by atoms with E-state index in [2.05, 4.69) is 9.80 Å². The van der Waals surface area contributed by atoms with Gasteiger partial charge >= 0.3 is 0 Å². The molecule has 3 fully saturated rings. The summed E-state index contributed by atoms with van der Waals surface area (Å²) in [4.78, 5) is 15.6. The summed E-state index contributed by atoms with van der Waals surface area (Å²) in [7, 11) is -1.77. The number of sulfonamides is 1. The number of fused-ring (bicyclic) bond motifs is 1. The van der Waals surface area contributed by atoms with Crippen molar-refractivity contribution >= 4 is 21.4 Å². The average molecular weight is 423 g/mol. The predicted octanol–water partition coefficient (Wildman–Crippen LogP) is 2.55. The van der Waals surface area contributed by atoms with Crippen LogP contribution in [0.4, 0.5) is 11.4 Å². The Kier molecular flexibility index (Phi) is 5.81. The van der Waals surface area contributed by atoms with Gasteiger partial charge in [-0.1, -0.05) is 19.3 Å². The highest BCUT2D eigenvalue weighted by Crippen LogP contribution is 2.40. The van der Waals surface area contributed by atoms with Crippen LogP contribution in [-0.4, -0.2) is 68.9 Å². The molecule has 2 saturated heterocycles. The number of hydrogen-bond donors (Lipinski definition) is 0. The van der Waals surface area contributed by atoms with Crippen molar-refractivity contribution in [1.82, 2.24) is 9.21 Å². The number of rotatable bonds is 4. The Balaban J connectivity index is 1.59. The first-order valence-electron chi connectivity index (χ1n) is 10.6. The molecule has 1 aromatic carbocycles. The molecule has 1 aromatic rings. The third kappa shape index (κ3) is 4.13. The van der Waals surface area contributed by atoms with E-state index in [-0.39, 0.29) is 10.6 Å². The molecule has 9 heteroatoms. The zero-order valence-corrected chi connectivity index (χ0v) is 17.8. The molecule has 0 spiro atoms. The SMILES string of the molecule is CN1CCN(S(=O)(=O)c2ccc(N3CC[C@H]4CCCC[C@@H]4C3)c([N+](=O)[O-])c2)CC1. The van der Waals surface area contributed by atoms with E-state index >= 15 is 0 Å². The van der Waals surface area contributed by atoms with Crippen molar-refractivity contribution in [2.75, 3.05) is 51.2 Å². The van der Waals surface area contributed by atoms with E-state index in [1.807, 2.05) is 7.05 Å². The van der Waals surface area contributed by atoms with E-state index in [1.54, 1.807) is 12.1 Å². The van der Waals surface area contributed by atoms with E-state index < -0.39 is 14.9 Å². The zero-order chi connectivity index (χ0) is 20.6. The van der Waals surface area contributed by atoms with Gasteiger partial charge in [0.1, 0.15) is 5.69 Å². The smallest absolute Gasteiger partial charge is 0.293 e. The fourth-order valence-electron chi connectivity index (χ4n) is 5.07. The molecule has 0 radical (unpaired) electrons. The molecule has 2 heterocycles. The molecule has 3 aliphatic rings. The topological polar surface area (TPSA) is 87.0 Å². The van der Waals surface area contributed by atoms with Crippen LogP contribution in [0.2, 0.25) is 0 Å². The largest absolute Gasteiger partial charge is 0.366 e. The van der Waals surface area contributed by atoms with Crippen LogP contribution in [0.3, 0.4) is 0 Å². The van der Waals surface area contributed by atoms with E-state index in [1.165, 1.54) is 36.1 Å². The molecule has 1 saturated carbocycles. The zero-order valence-electron chi connectivity index (χ0n) is 17.0. The first-order valence-corrected chi connectivity index (χ1v) is 12.0. The Morgan fingerprint density at radius 2 is 1.69 bits per heavy atom. The van der Waals surface area contributed by atoms with E-state index in [4.69, 9.17) is 0 Å². The maximum absolute atomic E-state index is 13.0. The van der Waals surface area contributed by atoms with Gasteiger partial charge in [-0.2, -0.15) is 4.31 Å². The van der Waals surface area contributed by atoms with Gasteiger partial charge in [0.05, 0.1) is 9.82 Å². The number of nitrogens with zero attached hydrogens (tertiary/aromatic N) is 4. The van der Waals surface area contributed by atoms with Gasteiger partial charge in [0, 0.05) is 45.3 Å². The summed E-state index contributed by atoms with van der Waals surface area (Å²) in [5.41, 5.74) is 0.450. The molecule has 0 amide bonds. The first kappa shape index (κ1) is 20.6. The van der Waals surface area contributed by atoms with E-state index in [9.17, 15) is 18.5 Å². The molecule has 1 aliphatic carbocycles. The van der Waals surface area contributed by atoms with Crippen LogP contribution in [0.1, 0.15) is 32.1 Å². The summed E-state index contributed by atoms with van der Waals surface area (Å²) >= 11 is 0. The highest BCUT2D eigenvalue weighted by atomic mass is 32.2. The second-order valence-corrected chi connectivity index (χ2v) is 10.6. The lowest BCUT2D eigenvalue weighted by Crippen LogP contribution is -2.47. The highest BCUT2D eigenvalue weighted by molar-refractivity contribution is 7.89. The minimum atomic E-state index is -3.72. The van der Waals surface area contributed by atoms with E-state index in [0.29, 0.717) is 37.8 Å². The third-order valence-corrected chi connectivity index (χ3v) is 8.77. The quantitative estimate of drug-likeness (QED) is 0.547. The molecule has 0 unspecified atom stereocenters. The minimum absolute atomic E-state index is 0.0186.